The van der Waals surface area contributed by atoms with Gasteiger partial charge in [-0.25, -0.2) is 0 Å². The number of nitrogens with one attached hydrogen (secondary N) is 1. The molecule has 2 aromatic carbocycles. The Labute approximate surface area is 114 Å². The Hall–Kier alpha value is -3.02. The van der Waals surface area contributed by atoms with Crippen LogP contribution >= 0.6 is 0 Å². The number of benzene rings is 2. The van der Waals surface area contributed by atoms with Crippen molar-refractivity contribution in [2.45, 2.75) is 0 Å². The molecular formula is C14H12N2O4. The van der Waals surface area contributed by atoms with Gasteiger partial charge in [0.2, 0.25) is 0 Å². The number of anilines is 2. The van der Waals surface area contributed by atoms with Crippen LogP contribution in [0.5, 0.6) is 11.5 Å². The van der Waals surface area contributed by atoms with Crippen molar-refractivity contribution in [3.63, 3.8) is 0 Å². The van der Waals surface area contributed by atoms with Gasteiger partial charge in [-0.1, -0.05) is 0 Å². The molecule has 0 aliphatic heterocycles. The first kappa shape index (κ1) is 13.4. The zero-order chi connectivity index (χ0) is 14.7. The second kappa shape index (κ2) is 5.31. The number of nitrogen functional groups attached to an aromatic ring is 1. The maximum Gasteiger partial charge on any atom is 0.255 e. The minimum Gasteiger partial charge on any atom is -0.508 e. The highest BCUT2D eigenvalue weighted by Crippen LogP contribution is 2.26. The number of phenols is 2. The second-order valence-electron chi connectivity index (χ2n) is 4.16. The van der Waals surface area contributed by atoms with Gasteiger partial charge < -0.3 is 21.3 Å². The molecule has 0 radical (unpaired) electrons. The molecule has 0 bridgehead atoms. The second-order valence-corrected chi connectivity index (χ2v) is 4.16. The summed E-state index contributed by atoms with van der Waals surface area (Å²) in [7, 11) is 0. The highest BCUT2D eigenvalue weighted by molar-refractivity contribution is 6.06. The Morgan fingerprint density at radius 2 is 1.90 bits per heavy atom. The first-order valence-corrected chi connectivity index (χ1v) is 5.68. The van der Waals surface area contributed by atoms with Gasteiger partial charge in [0.05, 0.1) is 5.69 Å². The van der Waals surface area contributed by atoms with Gasteiger partial charge in [-0.15, -0.1) is 0 Å². The summed E-state index contributed by atoms with van der Waals surface area (Å²) in [5, 5.41) is 21.5. The first-order chi connectivity index (χ1) is 9.49. The Morgan fingerprint density at radius 3 is 2.60 bits per heavy atom. The summed E-state index contributed by atoms with van der Waals surface area (Å²) in [6, 6.07) is 8.02. The van der Waals surface area contributed by atoms with Gasteiger partial charge in [0.15, 0.2) is 0 Å². The quantitative estimate of drug-likeness (QED) is 0.294. The van der Waals surface area contributed by atoms with E-state index in [2.05, 4.69) is 5.32 Å². The Morgan fingerprint density at radius 1 is 1.15 bits per heavy atom. The fourth-order valence-electron chi connectivity index (χ4n) is 1.68. The van der Waals surface area contributed by atoms with Crippen LogP contribution < -0.4 is 11.1 Å². The number of aldehydes is 1. The normalized spacial score (nSPS) is 10.0. The Kier molecular flexibility index (Phi) is 3.56. The van der Waals surface area contributed by atoms with Crippen LogP contribution in [-0.2, 0) is 0 Å². The number of aromatic hydroxyl groups is 2. The van der Waals surface area contributed by atoms with E-state index < -0.39 is 5.91 Å². The van der Waals surface area contributed by atoms with E-state index in [1.165, 1.54) is 36.4 Å². The van der Waals surface area contributed by atoms with Crippen LogP contribution in [0.1, 0.15) is 20.7 Å². The number of nitrogens with two attached hydrogens (primary N) is 1. The van der Waals surface area contributed by atoms with Crippen molar-refractivity contribution in [3.05, 3.63) is 47.5 Å². The maximum atomic E-state index is 12.0. The minimum absolute atomic E-state index is 0.0916. The summed E-state index contributed by atoms with van der Waals surface area (Å²) in [6.07, 6.45) is 0.522. The summed E-state index contributed by atoms with van der Waals surface area (Å²) >= 11 is 0. The van der Waals surface area contributed by atoms with Crippen LogP contribution in [0.3, 0.4) is 0 Å². The van der Waals surface area contributed by atoms with Crippen LogP contribution in [0.15, 0.2) is 36.4 Å². The fraction of sp³-hybridized carbons (Fsp3) is 0. The van der Waals surface area contributed by atoms with E-state index in [4.69, 9.17) is 5.73 Å². The van der Waals surface area contributed by atoms with Crippen molar-refractivity contribution in [1.29, 1.82) is 0 Å². The van der Waals surface area contributed by atoms with E-state index in [0.717, 1.165) is 0 Å². The van der Waals surface area contributed by atoms with E-state index >= 15 is 0 Å². The summed E-state index contributed by atoms with van der Waals surface area (Å²) in [5.41, 5.74) is 6.35. The smallest absolute Gasteiger partial charge is 0.255 e. The third-order valence-electron chi connectivity index (χ3n) is 2.61. The van der Waals surface area contributed by atoms with Crippen LogP contribution in [0.2, 0.25) is 0 Å². The molecule has 20 heavy (non-hydrogen) atoms. The highest BCUT2D eigenvalue weighted by Gasteiger charge is 2.11. The van der Waals surface area contributed by atoms with Crippen LogP contribution in [0, 0.1) is 0 Å². The average molecular weight is 272 g/mol. The van der Waals surface area contributed by atoms with E-state index in [1.807, 2.05) is 0 Å². The molecule has 0 atom stereocenters. The Bertz CT molecular complexity index is 683. The number of amides is 1. The number of hydrogen-bond donors (Lipinski definition) is 4. The highest BCUT2D eigenvalue weighted by atomic mass is 16.3. The summed E-state index contributed by atoms with van der Waals surface area (Å²) < 4.78 is 0. The molecule has 102 valence electrons. The molecule has 1 amide bonds. The molecule has 0 aliphatic carbocycles. The van der Waals surface area contributed by atoms with Gasteiger partial charge in [-0.3, -0.25) is 9.59 Å². The molecule has 0 aromatic heterocycles. The molecule has 0 unspecified atom stereocenters. The molecule has 2 rings (SSSR count). The van der Waals surface area contributed by atoms with Gasteiger partial charge in [-0.05, 0) is 36.4 Å². The summed E-state index contributed by atoms with van der Waals surface area (Å²) in [5.74, 6) is -0.912. The molecule has 0 fully saturated rings. The number of hydrogen-bond acceptors (Lipinski definition) is 5. The van der Waals surface area contributed by atoms with Gasteiger partial charge in [0, 0.05) is 16.8 Å². The van der Waals surface area contributed by atoms with Crippen molar-refractivity contribution < 1.29 is 19.8 Å². The zero-order valence-corrected chi connectivity index (χ0v) is 10.3. The van der Waals surface area contributed by atoms with Crippen LogP contribution in [-0.4, -0.2) is 22.4 Å². The molecule has 2 aromatic rings. The van der Waals surface area contributed by atoms with Gasteiger partial charge in [-0.2, -0.15) is 0 Å². The molecule has 0 saturated heterocycles. The van der Waals surface area contributed by atoms with Gasteiger partial charge >= 0.3 is 0 Å². The maximum absolute atomic E-state index is 12.0. The first-order valence-electron chi connectivity index (χ1n) is 5.68. The molecule has 6 nitrogen and oxygen atoms in total. The average Bonchev–Trinajstić information content (AvgIpc) is 2.42. The fourth-order valence-corrected chi connectivity index (χ4v) is 1.68. The molecule has 0 spiro atoms. The number of rotatable bonds is 3. The van der Waals surface area contributed by atoms with Crippen molar-refractivity contribution in [1.82, 2.24) is 0 Å². The molecule has 0 heterocycles. The van der Waals surface area contributed by atoms with E-state index in [9.17, 15) is 19.8 Å². The molecule has 5 N–H and O–H groups in total. The number of carbonyl (C=O) groups excluding carboxylic acids is 2. The van der Waals surface area contributed by atoms with Crippen molar-refractivity contribution in [2.24, 2.45) is 0 Å². The zero-order valence-electron chi connectivity index (χ0n) is 10.3. The molecular weight excluding hydrogens is 260 g/mol. The predicted molar refractivity (Wildman–Crippen MR) is 74.0 cm³/mol. The SMILES string of the molecule is Nc1ccc(O)c(NC(=O)c2cc(O)cc(C=O)c2)c1. The molecule has 0 saturated carbocycles. The van der Waals surface area contributed by atoms with E-state index in [1.54, 1.807) is 0 Å². The van der Waals surface area contributed by atoms with Crippen molar-refractivity contribution in [3.8, 4) is 11.5 Å². The lowest BCUT2D eigenvalue weighted by Gasteiger charge is -2.09. The van der Waals surface area contributed by atoms with Crippen molar-refractivity contribution >= 4 is 23.6 Å². The largest absolute Gasteiger partial charge is 0.508 e. The predicted octanol–water partition coefficient (Wildman–Crippen LogP) is 1.74. The van der Waals surface area contributed by atoms with E-state index in [-0.39, 0.29) is 28.3 Å². The van der Waals surface area contributed by atoms with Crippen LogP contribution in [0.4, 0.5) is 11.4 Å². The topological polar surface area (TPSA) is 113 Å². The molecule has 6 heteroatoms. The van der Waals surface area contributed by atoms with Gasteiger partial charge in [0.1, 0.15) is 17.8 Å². The van der Waals surface area contributed by atoms with Crippen LogP contribution in [0.25, 0.3) is 0 Å². The monoisotopic (exact) mass is 272 g/mol. The number of carbonyl (C=O) groups is 2. The third-order valence-corrected chi connectivity index (χ3v) is 2.61. The lowest BCUT2D eigenvalue weighted by molar-refractivity contribution is 0.102. The van der Waals surface area contributed by atoms with E-state index in [0.29, 0.717) is 12.0 Å². The standard InChI is InChI=1S/C14H12N2O4/c15-10-1-2-13(19)12(6-10)16-14(20)9-3-8(7-17)4-11(18)5-9/h1-7,18-19H,15H2,(H,16,20). The lowest BCUT2D eigenvalue weighted by atomic mass is 10.1. The number of phenolic OH excluding ortho intramolecular Hbond substituents is 2. The van der Waals surface area contributed by atoms with Gasteiger partial charge in [0.25, 0.3) is 5.91 Å². The van der Waals surface area contributed by atoms with Crippen molar-refractivity contribution in [2.75, 3.05) is 11.1 Å². The minimum atomic E-state index is -0.579. The lowest BCUT2D eigenvalue weighted by Crippen LogP contribution is -2.12. The third kappa shape index (κ3) is 2.86. The summed E-state index contributed by atoms with van der Waals surface area (Å²) in [4.78, 5) is 22.7. The Balaban J connectivity index is 2.30. The summed E-state index contributed by atoms with van der Waals surface area (Å²) in [6.45, 7) is 0. The molecule has 0 aliphatic rings.